The van der Waals surface area contributed by atoms with Gasteiger partial charge in [0.1, 0.15) is 5.75 Å². The van der Waals surface area contributed by atoms with E-state index < -0.39 is 0 Å². The fraction of sp³-hybridized carbons (Fsp3) is 0.353. The molecule has 0 aliphatic carbocycles. The number of ketones is 1. The Morgan fingerprint density at radius 3 is 2.57 bits per heavy atom. The van der Waals surface area contributed by atoms with Crippen LogP contribution in [0.1, 0.15) is 53.4 Å². The van der Waals surface area contributed by atoms with Crippen molar-refractivity contribution in [3.63, 3.8) is 0 Å². The van der Waals surface area contributed by atoms with Crippen LogP contribution in [0.5, 0.6) is 5.75 Å². The summed E-state index contributed by atoms with van der Waals surface area (Å²) in [6.45, 7) is 2.20. The van der Waals surface area contributed by atoms with E-state index in [1.807, 2.05) is 6.07 Å². The minimum atomic E-state index is 0.0144. The summed E-state index contributed by atoms with van der Waals surface area (Å²) in [7, 11) is 0. The predicted octanol–water partition coefficient (Wildman–Crippen LogP) is 5.57. The molecule has 0 atom stereocenters. The number of phenols is 1. The van der Waals surface area contributed by atoms with Crippen molar-refractivity contribution in [2.75, 3.05) is 0 Å². The molecule has 1 aromatic heterocycles. The molecule has 0 fully saturated rings. The Balaban J connectivity index is 2.07. The quantitative estimate of drug-likeness (QED) is 0.513. The minimum absolute atomic E-state index is 0.0144. The van der Waals surface area contributed by atoms with Gasteiger partial charge in [-0.05, 0) is 64.7 Å². The summed E-state index contributed by atoms with van der Waals surface area (Å²) in [5, 5.41) is 9.28. The topological polar surface area (TPSA) is 37.3 Å². The van der Waals surface area contributed by atoms with E-state index in [4.69, 9.17) is 0 Å². The largest absolute Gasteiger partial charge is 0.508 e. The predicted molar refractivity (Wildman–Crippen MR) is 91.4 cm³/mol. The Morgan fingerprint density at radius 2 is 1.90 bits per heavy atom. The molecule has 2 nitrogen and oxygen atoms in total. The Labute approximate surface area is 138 Å². The van der Waals surface area contributed by atoms with Gasteiger partial charge in [-0.1, -0.05) is 26.2 Å². The van der Waals surface area contributed by atoms with Crippen LogP contribution in [0.2, 0.25) is 0 Å². The zero-order chi connectivity index (χ0) is 15.2. The zero-order valence-corrected chi connectivity index (χ0v) is 14.5. The number of aryl methyl sites for hydroxylation is 1. The van der Waals surface area contributed by atoms with Gasteiger partial charge in [0.15, 0.2) is 0 Å². The molecule has 0 amide bonds. The summed E-state index contributed by atoms with van der Waals surface area (Å²) < 4.78 is 1.06. The number of aromatic hydroxyl groups is 1. The van der Waals surface area contributed by atoms with Gasteiger partial charge in [0.25, 0.3) is 0 Å². The molecule has 0 aliphatic rings. The van der Waals surface area contributed by atoms with E-state index >= 15 is 0 Å². The number of unbranched alkanes of at least 4 members (excludes halogenated alkanes) is 3. The smallest absolute Gasteiger partial charge is 0.202 e. The van der Waals surface area contributed by atoms with Crippen molar-refractivity contribution in [1.29, 1.82) is 0 Å². The fourth-order valence-electron chi connectivity index (χ4n) is 2.19. The molecule has 1 N–H and O–H groups in total. The number of rotatable bonds is 7. The Kier molecular flexibility index (Phi) is 6.00. The lowest BCUT2D eigenvalue weighted by molar-refractivity contribution is 0.104. The van der Waals surface area contributed by atoms with Crippen LogP contribution in [0, 0.1) is 0 Å². The van der Waals surface area contributed by atoms with E-state index in [1.54, 1.807) is 24.3 Å². The second kappa shape index (κ2) is 7.76. The molecule has 0 spiro atoms. The molecule has 4 heteroatoms. The number of halogens is 1. The van der Waals surface area contributed by atoms with E-state index in [2.05, 4.69) is 22.9 Å². The molecule has 112 valence electrons. The van der Waals surface area contributed by atoms with Crippen LogP contribution in [0.15, 0.2) is 34.1 Å². The molecule has 0 unspecified atom stereocenters. The van der Waals surface area contributed by atoms with Crippen molar-refractivity contribution in [1.82, 2.24) is 0 Å². The van der Waals surface area contributed by atoms with Crippen LogP contribution in [0.25, 0.3) is 0 Å². The van der Waals surface area contributed by atoms with E-state index in [0.29, 0.717) is 5.56 Å². The lowest BCUT2D eigenvalue weighted by Gasteiger charge is -1.99. The Hall–Kier alpha value is -1.13. The van der Waals surface area contributed by atoms with Gasteiger partial charge in [-0.25, -0.2) is 0 Å². The highest BCUT2D eigenvalue weighted by Crippen LogP contribution is 2.31. The molecule has 0 radical (unpaired) electrons. The highest BCUT2D eigenvalue weighted by molar-refractivity contribution is 9.11. The van der Waals surface area contributed by atoms with E-state index in [-0.39, 0.29) is 11.5 Å². The molecule has 2 rings (SSSR count). The first-order valence-electron chi connectivity index (χ1n) is 7.23. The lowest BCUT2D eigenvalue weighted by atomic mass is 10.1. The average molecular weight is 367 g/mol. The summed E-state index contributed by atoms with van der Waals surface area (Å²) in [5.41, 5.74) is 1.83. The van der Waals surface area contributed by atoms with Crippen LogP contribution in [0.4, 0.5) is 0 Å². The second-order valence-electron chi connectivity index (χ2n) is 5.10. The van der Waals surface area contributed by atoms with E-state index in [0.717, 1.165) is 21.5 Å². The summed E-state index contributed by atoms with van der Waals surface area (Å²) in [5.74, 6) is 0.191. The van der Waals surface area contributed by atoms with Gasteiger partial charge in [0, 0.05) is 5.56 Å². The maximum Gasteiger partial charge on any atom is 0.202 e. The molecule has 1 heterocycles. The summed E-state index contributed by atoms with van der Waals surface area (Å²) in [4.78, 5) is 13.2. The highest BCUT2D eigenvalue weighted by atomic mass is 79.9. The normalized spacial score (nSPS) is 10.8. The third-order valence-electron chi connectivity index (χ3n) is 3.41. The number of hydrogen-bond acceptors (Lipinski definition) is 3. The third kappa shape index (κ3) is 4.42. The second-order valence-corrected chi connectivity index (χ2v) is 7.47. The molecular weight excluding hydrogens is 348 g/mol. The molecule has 2 aromatic rings. The van der Waals surface area contributed by atoms with Gasteiger partial charge in [0.2, 0.25) is 5.78 Å². The van der Waals surface area contributed by atoms with E-state index in [1.165, 1.54) is 36.2 Å². The first kappa shape index (κ1) is 16.2. The molecule has 0 saturated carbocycles. The van der Waals surface area contributed by atoms with Crippen LogP contribution >= 0.6 is 27.3 Å². The Morgan fingerprint density at radius 1 is 1.19 bits per heavy atom. The number of carbonyl (C=O) groups is 1. The van der Waals surface area contributed by atoms with Crippen LogP contribution < -0.4 is 0 Å². The van der Waals surface area contributed by atoms with Gasteiger partial charge >= 0.3 is 0 Å². The summed E-state index contributed by atoms with van der Waals surface area (Å²) in [6.07, 6.45) is 5.91. The van der Waals surface area contributed by atoms with Crippen molar-refractivity contribution >= 4 is 33.0 Å². The number of carbonyl (C=O) groups excluding carboxylic acids is 1. The van der Waals surface area contributed by atoms with Gasteiger partial charge in [-0.3, -0.25) is 4.79 Å². The Bertz CT molecular complexity index is 602. The van der Waals surface area contributed by atoms with E-state index in [9.17, 15) is 9.90 Å². The molecule has 0 aliphatic heterocycles. The maximum absolute atomic E-state index is 12.4. The van der Waals surface area contributed by atoms with Crippen molar-refractivity contribution in [2.45, 2.75) is 39.0 Å². The van der Waals surface area contributed by atoms with Gasteiger partial charge in [0.05, 0.1) is 8.66 Å². The molecule has 0 bridgehead atoms. The van der Waals surface area contributed by atoms with Gasteiger partial charge < -0.3 is 5.11 Å². The third-order valence-corrected chi connectivity index (χ3v) is 5.37. The van der Waals surface area contributed by atoms with Crippen LogP contribution in [-0.4, -0.2) is 10.9 Å². The molecule has 1 aromatic carbocycles. The molecule has 0 saturated heterocycles. The zero-order valence-electron chi connectivity index (χ0n) is 12.1. The first-order valence-corrected chi connectivity index (χ1v) is 8.84. The number of thiophene rings is 1. The van der Waals surface area contributed by atoms with Gasteiger partial charge in [-0.15, -0.1) is 11.3 Å². The van der Waals surface area contributed by atoms with Crippen molar-refractivity contribution in [3.05, 3.63) is 50.1 Å². The van der Waals surface area contributed by atoms with Crippen LogP contribution in [0.3, 0.4) is 0 Å². The SMILES string of the molecule is CCCCCCc1cc(C(=O)c2ccc(O)cc2)sc1Br. The highest BCUT2D eigenvalue weighted by Gasteiger charge is 2.15. The fourth-order valence-corrected chi connectivity index (χ4v) is 3.92. The maximum atomic E-state index is 12.4. The summed E-state index contributed by atoms with van der Waals surface area (Å²) >= 11 is 5.05. The minimum Gasteiger partial charge on any atom is -0.508 e. The standard InChI is InChI=1S/C17H19BrO2S/c1-2-3-4-5-6-13-11-15(21-17(13)18)16(20)12-7-9-14(19)10-8-12/h7-11,19H,2-6H2,1H3. The van der Waals surface area contributed by atoms with Gasteiger partial charge in [-0.2, -0.15) is 0 Å². The van der Waals surface area contributed by atoms with Crippen molar-refractivity contribution in [3.8, 4) is 5.75 Å². The number of hydrogen-bond donors (Lipinski definition) is 1. The number of benzene rings is 1. The number of phenolic OH excluding ortho intramolecular Hbond substituents is 1. The average Bonchev–Trinajstić information content (AvgIpc) is 2.85. The lowest BCUT2D eigenvalue weighted by Crippen LogP contribution is -1.97. The monoisotopic (exact) mass is 366 g/mol. The van der Waals surface area contributed by atoms with Crippen molar-refractivity contribution < 1.29 is 9.90 Å². The molecular formula is C17H19BrO2S. The van der Waals surface area contributed by atoms with Crippen molar-refractivity contribution in [2.24, 2.45) is 0 Å². The van der Waals surface area contributed by atoms with Crippen LogP contribution in [-0.2, 0) is 6.42 Å². The first-order chi connectivity index (χ1) is 10.1. The summed E-state index contributed by atoms with van der Waals surface area (Å²) in [6, 6.07) is 8.40. The molecule has 21 heavy (non-hydrogen) atoms.